The molecular formula is C22H23ClF2N4O3S. The number of carbonyl (C=O) groups excluding carboxylic acids is 2. The molecule has 1 N–H and O–H groups in total. The molecule has 33 heavy (non-hydrogen) atoms. The molecular weight excluding hydrogens is 474 g/mol. The Balaban J connectivity index is 1.70. The lowest BCUT2D eigenvalue weighted by atomic mass is 9.95. The van der Waals surface area contributed by atoms with Crippen LogP contribution in [0.15, 0.2) is 12.1 Å². The molecule has 0 saturated heterocycles. The Bertz CT molecular complexity index is 1230. The minimum atomic E-state index is -3.69. The molecule has 1 aliphatic carbocycles. The molecule has 0 bridgehead atoms. The molecule has 1 atom stereocenters. The molecule has 0 fully saturated rings. The number of carbonyl (C=O) groups is 2. The number of alkyl halides is 3. The highest BCUT2D eigenvalue weighted by molar-refractivity contribution is 7.17. The molecule has 1 amide bonds. The number of fused-ring (bicyclic) bond motifs is 2. The average Bonchev–Trinajstić information content (AvgIpc) is 3.33. The second-order valence-corrected chi connectivity index (χ2v) is 9.65. The molecule has 7 nitrogen and oxygen atoms in total. The van der Waals surface area contributed by atoms with Crippen molar-refractivity contribution in [2.45, 2.75) is 64.4 Å². The van der Waals surface area contributed by atoms with Gasteiger partial charge < -0.3 is 10.1 Å². The predicted molar refractivity (Wildman–Crippen MR) is 122 cm³/mol. The number of ether oxygens (including phenoxy) is 1. The smallest absolute Gasteiger partial charge is 0.364 e. The molecule has 1 unspecified atom stereocenters. The van der Waals surface area contributed by atoms with Crippen LogP contribution in [-0.4, -0.2) is 32.6 Å². The topological polar surface area (TPSA) is 85.6 Å². The van der Waals surface area contributed by atoms with Gasteiger partial charge in [0.25, 0.3) is 5.91 Å². The van der Waals surface area contributed by atoms with Crippen LogP contribution in [0.4, 0.5) is 13.8 Å². The summed E-state index contributed by atoms with van der Waals surface area (Å²) in [6.45, 7) is 5.27. The number of anilines is 1. The molecule has 3 heterocycles. The van der Waals surface area contributed by atoms with Gasteiger partial charge in [-0.25, -0.2) is 14.3 Å². The summed E-state index contributed by atoms with van der Waals surface area (Å²) in [6, 6.07) is 2.42. The quantitative estimate of drug-likeness (QED) is 0.361. The first kappa shape index (κ1) is 23.6. The van der Waals surface area contributed by atoms with Crippen LogP contribution >= 0.6 is 22.9 Å². The van der Waals surface area contributed by atoms with Crippen molar-refractivity contribution in [1.29, 1.82) is 0 Å². The molecule has 1 aliphatic rings. The summed E-state index contributed by atoms with van der Waals surface area (Å²) >= 11 is 6.56. The first-order valence-corrected chi connectivity index (χ1v) is 11.9. The average molecular weight is 497 g/mol. The van der Waals surface area contributed by atoms with Gasteiger partial charge in [-0.05, 0) is 69.2 Å². The van der Waals surface area contributed by atoms with E-state index in [-0.39, 0.29) is 17.4 Å². The van der Waals surface area contributed by atoms with E-state index < -0.39 is 23.0 Å². The maximum absolute atomic E-state index is 13.9. The van der Waals surface area contributed by atoms with Gasteiger partial charge in [-0.2, -0.15) is 13.9 Å². The number of amides is 1. The fourth-order valence-corrected chi connectivity index (χ4v) is 5.18. The van der Waals surface area contributed by atoms with Gasteiger partial charge in [-0.1, -0.05) is 6.92 Å². The van der Waals surface area contributed by atoms with Crippen LogP contribution in [0.1, 0.15) is 75.8 Å². The first-order chi connectivity index (χ1) is 15.6. The van der Waals surface area contributed by atoms with E-state index in [9.17, 15) is 18.4 Å². The van der Waals surface area contributed by atoms with Crippen molar-refractivity contribution in [3.8, 4) is 0 Å². The van der Waals surface area contributed by atoms with Crippen molar-refractivity contribution in [3.05, 3.63) is 45.2 Å². The zero-order valence-electron chi connectivity index (χ0n) is 18.4. The third-order valence-electron chi connectivity index (χ3n) is 5.56. The molecule has 4 rings (SSSR count). The summed E-state index contributed by atoms with van der Waals surface area (Å²) in [5, 5.41) is 3.44. The Morgan fingerprint density at radius 2 is 2.06 bits per heavy atom. The molecule has 0 saturated carbocycles. The number of hydrogen-bond acceptors (Lipinski definition) is 6. The van der Waals surface area contributed by atoms with Crippen LogP contribution in [0, 0.1) is 6.92 Å². The number of halogens is 3. The molecule has 3 aromatic heterocycles. The Morgan fingerprint density at radius 1 is 1.33 bits per heavy atom. The number of hydrogen-bond donors (Lipinski definition) is 1. The van der Waals surface area contributed by atoms with Crippen LogP contribution in [0.25, 0.3) is 5.65 Å². The molecule has 176 valence electrons. The largest absolute Gasteiger partial charge is 0.459 e. The zero-order chi connectivity index (χ0) is 23.9. The van der Waals surface area contributed by atoms with E-state index in [0.717, 1.165) is 46.7 Å². The van der Waals surface area contributed by atoms with E-state index in [1.54, 1.807) is 6.92 Å². The number of nitrogens with one attached hydrogen (secondary N) is 1. The molecule has 0 spiro atoms. The van der Waals surface area contributed by atoms with Crippen molar-refractivity contribution < 1.29 is 23.1 Å². The minimum Gasteiger partial charge on any atom is -0.459 e. The van der Waals surface area contributed by atoms with Crippen LogP contribution in [0.5, 0.6) is 0 Å². The maximum Gasteiger partial charge on any atom is 0.364 e. The van der Waals surface area contributed by atoms with E-state index in [1.807, 2.05) is 13.8 Å². The van der Waals surface area contributed by atoms with Crippen molar-refractivity contribution in [2.24, 2.45) is 0 Å². The Hall–Kier alpha value is -2.59. The predicted octanol–water partition coefficient (Wildman–Crippen LogP) is 5.47. The first-order valence-electron chi connectivity index (χ1n) is 10.7. The van der Waals surface area contributed by atoms with Gasteiger partial charge in [-0.3, -0.25) is 4.79 Å². The third kappa shape index (κ3) is 4.72. The number of rotatable bonds is 6. The fraction of sp³-hybridized carbons (Fsp3) is 0.455. The third-order valence-corrected chi connectivity index (χ3v) is 6.96. The lowest BCUT2D eigenvalue weighted by Crippen LogP contribution is -2.19. The van der Waals surface area contributed by atoms with Gasteiger partial charge in [0.15, 0.2) is 11.3 Å². The van der Waals surface area contributed by atoms with Crippen molar-refractivity contribution >= 4 is 45.5 Å². The fourth-order valence-electron chi connectivity index (χ4n) is 3.78. The Labute approximate surface area is 198 Å². The number of esters is 1. The second kappa shape index (κ2) is 8.98. The number of aromatic nitrogens is 3. The lowest BCUT2D eigenvalue weighted by Gasteiger charge is -2.15. The molecule has 3 aromatic rings. The van der Waals surface area contributed by atoms with E-state index in [1.165, 1.54) is 17.4 Å². The normalized spacial score (nSPS) is 14.7. The van der Waals surface area contributed by atoms with Gasteiger partial charge in [0, 0.05) is 16.6 Å². The molecule has 0 aromatic carbocycles. The van der Waals surface area contributed by atoms with Gasteiger partial charge in [-0.15, -0.1) is 11.3 Å². The van der Waals surface area contributed by atoms with E-state index in [0.29, 0.717) is 22.7 Å². The Kier molecular flexibility index (Phi) is 6.41. The van der Waals surface area contributed by atoms with Crippen molar-refractivity contribution in [2.75, 3.05) is 5.32 Å². The van der Waals surface area contributed by atoms with Crippen LogP contribution in [0.2, 0.25) is 0 Å². The van der Waals surface area contributed by atoms with E-state index in [2.05, 4.69) is 15.4 Å². The van der Waals surface area contributed by atoms with Crippen LogP contribution in [0.3, 0.4) is 0 Å². The number of aryl methyl sites for hydroxylation is 2. The number of nitrogens with zero attached hydrogens (tertiary/aromatic N) is 3. The number of thiophene rings is 1. The molecule has 0 radical (unpaired) electrons. The van der Waals surface area contributed by atoms with Gasteiger partial charge >= 0.3 is 11.4 Å². The molecule has 0 aliphatic heterocycles. The second-order valence-electron chi connectivity index (χ2n) is 8.07. The van der Waals surface area contributed by atoms with Gasteiger partial charge in [0.2, 0.25) is 0 Å². The van der Waals surface area contributed by atoms with E-state index >= 15 is 0 Å². The summed E-state index contributed by atoms with van der Waals surface area (Å²) < 4.78 is 34.1. The van der Waals surface area contributed by atoms with Crippen molar-refractivity contribution in [3.63, 3.8) is 0 Å². The zero-order valence-corrected chi connectivity index (χ0v) is 19.9. The minimum absolute atomic E-state index is 0.0670. The SMILES string of the molecule is CCC(C)OC(=O)c1c(NC(=O)c2cc3nc(C)cc(C(F)(F)Cl)n3n2)sc2c1CCCC2. The monoisotopic (exact) mass is 496 g/mol. The van der Waals surface area contributed by atoms with Crippen LogP contribution in [-0.2, 0) is 23.0 Å². The van der Waals surface area contributed by atoms with Gasteiger partial charge in [0.1, 0.15) is 10.7 Å². The highest BCUT2D eigenvalue weighted by Crippen LogP contribution is 2.39. The highest BCUT2D eigenvalue weighted by atomic mass is 35.5. The van der Waals surface area contributed by atoms with Crippen LogP contribution < -0.4 is 5.32 Å². The summed E-state index contributed by atoms with van der Waals surface area (Å²) in [7, 11) is 0. The standard InChI is InChI=1S/C22H23ClF2N4O3S/c1-4-12(3)32-21(31)18-13-7-5-6-8-15(13)33-20(18)27-19(30)14-10-17-26-11(2)9-16(22(23,24)25)29(17)28-14/h9-10,12H,4-8H2,1-3H3,(H,27,30). The Morgan fingerprint density at radius 3 is 2.76 bits per heavy atom. The summed E-state index contributed by atoms with van der Waals surface area (Å²) in [5.74, 6) is -1.12. The highest BCUT2D eigenvalue weighted by Gasteiger charge is 2.33. The summed E-state index contributed by atoms with van der Waals surface area (Å²) in [6.07, 6.45) is 3.93. The maximum atomic E-state index is 13.9. The van der Waals surface area contributed by atoms with E-state index in [4.69, 9.17) is 16.3 Å². The van der Waals surface area contributed by atoms with Crippen molar-refractivity contribution in [1.82, 2.24) is 14.6 Å². The lowest BCUT2D eigenvalue weighted by molar-refractivity contribution is 0.0334. The molecule has 11 heteroatoms. The summed E-state index contributed by atoms with van der Waals surface area (Å²) in [4.78, 5) is 31.1. The van der Waals surface area contributed by atoms with Gasteiger partial charge in [0.05, 0.1) is 11.7 Å². The summed E-state index contributed by atoms with van der Waals surface area (Å²) in [5.41, 5.74) is 0.946.